The predicted molar refractivity (Wildman–Crippen MR) is 99.1 cm³/mol. The van der Waals surface area contributed by atoms with Crippen molar-refractivity contribution in [2.45, 2.75) is 56.5 Å². The van der Waals surface area contributed by atoms with Crippen LogP contribution in [-0.2, 0) is 4.79 Å². The van der Waals surface area contributed by atoms with Crippen molar-refractivity contribution in [3.8, 4) is 10.7 Å². The second-order valence-corrected chi connectivity index (χ2v) is 8.84. The van der Waals surface area contributed by atoms with Gasteiger partial charge in [0.2, 0.25) is 11.1 Å². The lowest BCUT2D eigenvalue weighted by molar-refractivity contribution is -0.121. The SMILES string of the molecule is C[C@@H]1[C@@H](C)CCC[C@H]1NC(=O)[C@@H](C)Sc1n[nH]c(-c2cccs2)n1. The number of hydrogen-bond donors (Lipinski definition) is 2. The number of amides is 1. The highest BCUT2D eigenvalue weighted by molar-refractivity contribution is 8.00. The molecule has 5 nitrogen and oxygen atoms in total. The largest absolute Gasteiger partial charge is 0.352 e. The zero-order valence-corrected chi connectivity index (χ0v) is 15.9. The summed E-state index contributed by atoms with van der Waals surface area (Å²) in [6.45, 7) is 6.44. The Kier molecular flexibility index (Phi) is 5.61. The van der Waals surface area contributed by atoms with Crippen LogP contribution in [0.5, 0.6) is 0 Å². The standard InChI is InChI=1S/C17H24N4OS2/c1-10-6-4-7-13(11(10)2)18-16(22)12(3)24-17-19-15(20-21-17)14-8-5-9-23-14/h5,8-13H,4,6-7H2,1-3H3,(H,18,22)(H,19,20,21)/t10-,11+,12+,13+/m0/s1. The van der Waals surface area contributed by atoms with Gasteiger partial charge in [-0.1, -0.05) is 44.5 Å². The van der Waals surface area contributed by atoms with Gasteiger partial charge in [-0.25, -0.2) is 4.98 Å². The summed E-state index contributed by atoms with van der Waals surface area (Å²) in [5, 5.41) is 12.8. The molecule has 24 heavy (non-hydrogen) atoms. The van der Waals surface area contributed by atoms with Gasteiger partial charge in [-0.3, -0.25) is 9.89 Å². The first-order valence-electron chi connectivity index (χ1n) is 8.48. The smallest absolute Gasteiger partial charge is 0.233 e. The van der Waals surface area contributed by atoms with Crippen molar-refractivity contribution in [1.82, 2.24) is 20.5 Å². The van der Waals surface area contributed by atoms with Crippen LogP contribution < -0.4 is 5.32 Å². The molecule has 2 aromatic rings. The number of aromatic nitrogens is 3. The van der Waals surface area contributed by atoms with Crippen molar-refractivity contribution in [3.63, 3.8) is 0 Å². The van der Waals surface area contributed by atoms with Crippen molar-refractivity contribution >= 4 is 29.0 Å². The number of aromatic amines is 1. The monoisotopic (exact) mass is 364 g/mol. The summed E-state index contributed by atoms with van der Waals surface area (Å²) < 4.78 is 0. The average Bonchev–Trinajstić information content (AvgIpc) is 3.22. The molecule has 1 amide bonds. The topological polar surface area (TPSA) is 70.7 Å². The quantitative estimate of drug-likeness (QED) is 0.788. The third kappa shape index (κ3) is 4.00. The number of H-pyrrole nitrogens is 1. The van der Waals surface area contributed by atoms with Gasteiger partial charge in [0, 0.05) is 6.04 Å². The molecular weight excluding hydrogens is 340 g/mol. The minimum absolute atomic E-state index is 0.0772. The van der Waals surface area contributed by atoms with Crippen molar-refractivity contribution in [3.05, 3.63) is 17.5 Å². The minimum Gasteiger partial charge on any atom is -0.352 e. The fourth-order valence-corrected chi connectivity index (χ4v) is 4.52. The first kappa shape index (κ1) is 17.5. The highest BCUT2D eigenvalue weighted by Gasteiger charge is 2.29. The number of hydrogen-bond acceptors (Lipinski definition) is 5. The first-order valence-corrected chi connectivity index (χ1v) is 10.2. The van der Waals surface area contributed by atoms with Gasteiger partial charge in [-0.05, 0) is 36.6 Å². The fraction of sp³-hybridized carbons (Fsp3) is 0.588. The lowest BCUT2D eigenvalue weighted by Gasteiger charge is -2.35. The molecule has 0 unspecified atom stereocenters. The van der Waals surface area contributed by atoms with Crippen LogP contribution in [0, 0.1) is 11.8 Å². The Hall–Kier alpha value is -1.34. The normalized spacial score (nSPS) is 25.4. The van der Waals surface area contributed by atoms with E-state index in [-0.39, 0.29) is 17.2 Å². The number of rotatable bonds is 5. The number of thiophene rings is 1. The maximum Gasteiger partial charge on any atom is 0.233 e. The van der Waals surface area contributed by atoms with Gasteiger partial charge < -0.3 is 5.32 Å². The van der Waals surface area contributed by atoms with Crippen molar-refractivity contribution < 1.29 is 4.79 Å². The summed E-state index contributed by atoms with van der Waals surface area (Å²) in [4.78, 5) is 18.0. The van der Waals surface area contributed by atoms with E-state index >= 15 is 0 Å². The Bertz CT molecular complexity index is 670. The minimum atomic E-state index is -0.207. The molecule has 1 aliphatic carbocycles. The van der Waals surface area contributed by atoms with Crippen LogP contribution >= 0.6 is 23.1 Å². The summed E-state index contributed by atoms with van der Waals surface area (Å²) in [7, 11) is 0. The Morgan fingerprint density at radius 2 is 2.29 bits per heavy atom. The number of nitrogens with zero attached hydrogens (tertiary/aromatic N) is 2. The van der Waals surface area contributed by atoms with E-state index in [1.165, 1.54) is 24.6 Å². The zero-order valence-electron chi connectivity index (χ0n) is 14.3. The Labute approximate surface area is 151 Å². The predicted octanol–water partition coefficient (Wildman–Crippen LogP) is 3.95. The fourth-order valence-electron chi connectivity index (χ4n) is 3.12. The summed E-state index contributed by atoms with van der Waals surface area (Å²) >= 11 is 3.02. The summed E-state index contributed by atoms with van der Waals surface area (Å²) in [6, 6.07) is 4.28. The summed E-state index contributed by atoms with van der Waals surface area (Å²) in [5.74, 6) is 2.05. The van der Waals surface area contributed by atoms with Crippen LogP contribution in [0.4, 0.5) is 0 Å². The molecular formula is C17H24N4OS2. The van der Waals surface area contributed by atoms with Crippen LogP contribution in [0.1, 0.15) is 40.0 Å². The van der Waals surface area contributed by atoms with Crippen LogP contribution in [0.25, 0.3) is 10.7 Å². The third-order valence-electron chi connectivity index (χ3n) is 4.91. The van der Waals surface area contributed by atoms with E-state index in [2.05, 4.69) is 34.3 Å². The Balaban J connectivity index is 1.56. The van der Waals surface area contributed by atoms with Gasteiger partial charge in [-0.15, -0.1) is 16.4 Å². The van der Waals surface area contributed by atoms with Crippen LogP contribution in [0.15, 0.2) is 22.7 Å². The molecule has 3 rings (SSSR count). The lowest BCUT2D eigenvalue weighted by atomic mass is 9.78. The van der Waals surface area contributed by atoms with Crippen LogP contribution in [0.3, 0.4) is 0 Å². The maximum absolute atomic E-state index is 12.5. The molecule has 1 aliphatic rings. The van der Waals surface area contributed by atoms with Crippen LogP contribution in [0.2, 0.25) is 0 Å². The maximum atomic E-state index is 12.5. The molecule has 0 spiro atoms. The van der Waals surface area contributed by atoms with E-state index in [0.717, 1.165) is 17.1 Å². The van der Waals surface area contributed by atoms with Crippen LogP contribution in [-0.4, -0.2) is 32.4 Å². The second-order valence-electron chi connectivity index (χ2n) is 6.59. The molecule has 2 heterocycles. The lowest BCUT2D eigenvalue weighted by Crippen LogP contribution is -2.46. The molecule has 7 heteroatoms. The summed E-state index contributed by atoms with van der Waals surface area (Å²) in [5.41, 5.74) is 0. The average molecular weight is 365 g/mol. The van der Waals surface area contributed by atoms with Gasteiger partial charge in [0.25, 0.3) is 0 Å². The van der Waals surface area contributed by atoms with E-state index in [0.29, 0.717) is 17.0 Å². The molecule has 0 saturated heterocycles. The summed E-state index contributed by atoms with van der Waals surface area (Å²) in [6.07, 6.45) is 3.54. The molecule has 0 bridgehead atoms. The second kappa shape index (κ2) is 7.70. The molecule has 130 valence electrons. The molecule has 0 aliphatic heterocycles. The van der Waals surface area contributed by atoms with Gasteiger partial charge >= 0.3 is 0 Å². The van der Waals surface area contributed by atoms with E-state index < -0.39 is 0 Å². The zero-order chi connectivity index (χ0) is 17.1. The highest BCUT2D eigenvalue weighted by Crippen LogP contribution is 2.30. The van der Waals surface area contributed by atoms with Crippen molar-refractivity contribution in [2.24, 2.45) is 11.8 Å². The number of nitrogens with one attached hydrogen (secondary N) is 2. The number of carbonyl (C=O) groups excluding carboxylic acids is 1. The van der Waals surface area contributed by atoms with Crippen molar-refractivity contribution in [1.29, 1.82) is 0 Å². The Morgan fingerprint density at radius 3 is 3.04 bits per heavy atom. The van der Waals surface area contributed by atoms with E-state index in [1.54, 1.807) is 11.3 Å². The van der Waals surface area contributed by atoms with Crippen molar-refractivity contribution in [2.75, 3.05) is 0 Å². The van der Waals surface area contributed by atoms with Gasteiger partial charge in [0.15, 0.2) is 5.82 Å². The first-order chi connectivity index (χ1) is 11.5. The number of carbonyl (C=O) groups is 1. The Morgan fingerprint density at radius 1 is 1.46 bits per heavy atom. The molecule has 0 radical (unpaired) electrons. The number of thioether (sulfide) groups is 1. The molecule has 4 atom stereocenters. The highest BCUT2D eigenvalue weighted by atomic mass is 32.2. The molecule has 2 aromatic heterocycles. The molecule has 0 aromatic carbocycles. The van der Waals surface area contributed by atoms with E-state index in [9.17, 15) is 4.79 Å². The van der Waals surface area contributed by atoms with E-state index in [4.69, 9.17) is 0 Å². The van der Waals surface area contributed by atoms with E-state index in [1.807, 2.05) is 24.4 Å². The van der Waals surface area contributed by atoms with Gasteiger partial charge in [0.05, 0.1) is 10.1 Å². The molecule has 2 N–H and O–H groups in total. The molecule has 1 fully saturated rings. The van der Waals surface area contributed by atoms with Gasteiger partial charge in [-0.2, -0.15) is 0 Å². The third-order valence-corrected chi connectivity index (χ3v) is 6.74. The van der Waals surface area contributed by atoms with Gasteiger partial charge in [0.1, 0.15) is 0 Å². The molecule has 1 saturated carbocycles.